The highest BCUT2D eigenvalue weighted by molar-refractivity contribution is 7.91. The number of carbonyl (C=O) groups excluding carboxylic acids is 1. The first-order valence-electron chi connectivity index (χ1n) is 9.62. The maximum Gasteiger partial charge on any atom is 0.329 e. The quantitative estimate of drug-likeness (QED) is 0.624. The van der Waals surface area contributed by atoms with E-state index in [1.54, 1.807) is 48.5 Å². The van der Waals surface area contributed by atoms with Gasteiger partial charge in [-0.2, -0.15) is 0 Å². The van der Waals surface area contributed by atoms with Gasteiger partial charge in [0.25, 0.3) is 5.56 Å². The molecule has 1 aliphatic heterocycles. The van der Waals surface area contributed by atoms with Gasteiger partial charge in [0.1, 0.15) is 6.04 Å². The molecule has 0 aliphatic carbocycles. The van der Waals surface area contributed by atoms with E-state index >= 15 is 0 Å². The Morgan fingerprint density at radius 2 is 1.80 bits per heavy atom. The second kappa shape index (κ2) is 7.91. The number of nitrogens with one attached hydrogen (secondary N) is 2. The largest absolute Gasteiger partial charge is 0.350 e. The Balaban J connectivity index is 1.76. The van der Waals surface area contributed by atoms with E-state index in [4.69, 9.17) is 0 Å². The van der Waals surface area contributed by atoms with Crippen LogP contribution in [-0.2, 0) is 21.1 Å². The molecule has 1 aromatic heterocycles. The molecule has 0 saturated carbocycles. The van der Waals surface area contributed by atoms with Crippen LogP contribution in [0.1, 0.15) is 18.0 Å². The zero-order chi connectivity index (χ0) is 21.3. The summed E-state index contributed by atoms with van der Waals surface area (Å²) in [6, 6.07) is 14.0. The minimum atomic E-state index is -3.19. The standard InChI is InChI=1S/C21H21N3O5S/c25-19(22-15-10-11-30(28,29)13-15)18(12-14-6-2-1-3-7-14)24-20(26)16-8-4-5-9-17(16)23-21(24)27/h1-9,15,18H,10-13H2,(H,22,25)(H,23,27)/t15?,18-/m0/s1. The van der Waals surface area contributed by atoms with Crippen molar-refractivity contribution >= 4 is 26.6 Å². The maximum atomic E-state index is 13.1. The van der Waals surface area contributed by atoms with Gasteiger partial charge in [-0.05, 0) is 24.1 Å². The molecule has 1 unspecified atom stereocenters. The summed E-state index contributed by atoms with van der Waals surface area (Å²) in [6.07, 6.45) is 0.433. The van der Waals surface area contributed by atoms with Crippen LogP contribution in [0.5, 0.6) is 0 Å². The lowest BCUT2D eigenvalue weighted by Crippen LogP contribution is -2.48. The molecule has 2 atom stereocenters. The van der Waals surface area contributed by atoms with Gasteiger partial charge >= 0.3 is 5.69 Å². The molecule has 9 heteroatoms. The van der Waals surface area contributed by atoms with E-state index in [9.17, 15) is 22.8 Å². The fraction of sp³-hybridized carbons (Fsp3) is 0.286. The molecule has 30 heavy (non-hydrogen) atoms. The van der Waals surface area contributed by atoms with E-state index in [1.807, 2.05) is 6.07 Å². The molecule has 0 spiro atoms. The fourth-order valence-corrected chi connectivity index (χ4v) is 5.48. The maximum absolute atomic E-state index is 13.1. The van der Waals surface area contributed by atoms with Crippen molar-refractivity contribution in [2.75, 3.05) is 11.5 Å². The number of aromatic amines is 1. The average molecular weight is 427 g/mol. The molecule has 3 aromatic rings. The van der Waals surface area contributed by atoms with Crippen LogP contribution in [0, 0.1) is 0 Å². The van der Waals surface area contributed by atoms with Crippen LogP contribution in [0.25, 0.3) is 10.9 Å². The van der Waals surface area contributed by atoms with E-state index in [2.05, 4.69) is 10.3 Å². The molecule has 0 radical (unpaired) electrons. The van der Waals surface area contributed by atoms with Crippen LogP contribution in [0.3, 0.4) is 0 Å². The topological polar surface area (TPSA) is 118 Å². The lowest BCUT2D eigenvalue weighted by molar-refractivity contribution is -0.125. The molecule has 1 aliphatic rings. The molecular weight excluding hydrogens is 406 g/mol. The molecule has 2 N–H and O–H groups in total. The van der Waals surface area contributed by atoms with Crippen molar-refractivity contribution in [3.8, 4) is 0 Å². The number of hydrogen-bond donors (Lipinski definition) is 2. The lowest BCUT2D eigenvalue weighted by atomic mass is 10.0. The SMILES string of the molecule is O=C(NC1CCS(=O)(=O)C1)[C@H](Cc1ccccc1)n1c(=O)[nH]c2ccccc2c1=O. The molecule has 8 nitrogen and oxygen atoms in total. The Kier molecular flexibility index (Phi) is 5.29. The Bertz CT molecular complexity index is 1310. The lowest BCUT2D eigenvalue weighted by Gasteiger charge is -2.21. The number of para-hydroxylation sites is 1. The van der Waals surface area contributed by atoms with E-state index in [0.29, 0.717) is 17.3 Å². The first kappa shape index (κ1) is 20.1. The van der Waals surface area contributed by atoms with Crippen molar-refractivity contribution in [3.63, 3.8) is 0 Å². The van der Waals surface area contributed by atoms with E-state index < -0.39 is 39.1 Å². The number of carbonyl (C=O) groups is 1. The summed E-state index contributed by atoms with van der Waals surface area (Å²) < 4.78 is 24.4. The smallest absolute Gasteiger partial charge is 0.329 e. The number of hydrogen-bond acceptors (Lipinski definition) is 5. The zero-order valence-electron chi connectivity index (χ0n) is 16.1. The van der Waals surface area contributed by atoms with Crippen LogP contribution in [0.4, 0.5) is 0 Å². The number of nitrogens with zero attached hydrogens (tertiary/aromatic N) is 1. The number of amides is 1. The van der Waals surface area contributed by atoms with Crippen molar-refractivity contribution in [2.24, 2.45) is 0 Å². The number of rotatable bonds is 5. The van der Waals surface area contributed by atoms with Gasteiger partial charge in [-0.3, -0.25) is 9.59 Å². The highest BCUT2D eigenvalue weighted by Gasteiger charge is 2.32. The molecule has 156 valence electrons. The molecule has 1 amide bonds. The van der Waals surface area contributed by atoms with Crippen LogP contribution in [0.15, 0.2) is 64.2 Å². The van der Waals surface area contributed by atoms with Crippen molar-refractivity contribution < 1.29 is 13.2 Å². The Labute approximate surface area is 172 Å². The van der Waals surface area contributed by atoms with E-state index in [1.165, 1.54) is 0 Å². The predicted molar refractivity (Wildman–Crippen MR) is 113 cm³/mol. The number of H-pyrrole nitrogens is 1. The second-order valence-electron chi connectivity index (χ2n) is 7.46. The van der Waals surface area contributed by atoms with Crippen LogP contribution >= 0.6 is 0 Å². The van der Waals surface area contributed by atoms with Crippen molar-refractivity contribution in [3.05, 3.63) is 81.0 Å². The number of benzene rings is 2. The fourth-order valence-electron chi connectivity index (χ4n) is 3.80. The third kappa shape index (κ3) is 4.06. The van der Waals surface area contributed by atoms with Gasteiger partial charge in [0.05, 0.1) is 22.4 Å². The molecule has 2 heterocycles. The highest BCUT2D eigenvalue weighted by atomic mass is 32.2. The highest BCUT2D eigenvalue weighted by Crippen LogP contribution is 2.16. The Morgan fingerprint density at radius 1 is 1.10 bits per heavy atom. The Hall–Kier alpha value is -3.20. The number of aromatic nitrogens is 2. The molecule has 1 fully saturated rings. The molecule has 0 bridgehead atoms. The van der Waals surface area contributed by atoms with Gasteiger partial charge in [-0.1, -0.05) is 42.5 Å². The monoisotopic (exact) mass is 427 g/mol. The third-order valence-corrected chi connectivity index (χ3v) is 7.07. The number of sulfone groups is 1. The van der Waals surface area contributed by atoms with Crippen molar-refractivity contribution in [1.29, 1.82) is 0 Å². The van der Waals surface area contributed by atoms with E-state index in [0.717, 1.165) is 10.1 Å². The Morgan fingerprint density at radius 3 is 2.50 bits per heavy atom. The third-order valence-electron chi connectivity index (χ3n) is 5.30. The summed E-state index contributed by atoms with van der Waals surface area (Å²) in [7, 11) is -3.19. The molecule has 2 aromatic carbocycles. The van der Waals surface area contributed by atoms with Crippen LogP contribution in [-0.4, -0.2) is 41.4 Å². The summed E-state index contributed by atoms with van der Waals surface area (Å²) in [4.78, 5) is 41.7. The molecule has 1 saturated heterocycles. The first-order chi connectivity index (χ1) is 14.3. The van der Waals surface area contributed by atoms with Gasteiger partial charge in [-0.15, -0.1) is 0 Å². The zero-order valence-corrected chi connectivity index (χ0v) is 16.9. The summed E-state index contributed by atoms with van der Waals surface area (Å²) in [5.74, 6) is -0.679. The average Bonchev–Trinajstić information content (AvgIpc) is 3.06. The predicted octanol–water partition coefficient (Wildman–Crippen LogP) is 0.777. The summed E-state index contributed by atoms with van der Waals surface area (Å²) in [5, 5.41) is 3.02. The number of fused-ring (bicyclic) bond motifs is 1. The second-order valence-corrected chi connectivity index (χ2v) is 9.69. The summed E-state index contributed by atoms with van der Waals surface area (Å²) >= 11 is 0. The normalized spacial score (nSPS) is 18.9. The van der Waals surface area contributed by atoms with Crippen molar-refractivity contribution in [1.82, 2.24) is 14.9 Å². The van der Waals surface area contributed by atoms with Crippen molar-refractivity contribution in [2.45, 2.75) is 24.9 Å². The summed E-state index contributed by atoms with van der Waals surface area (Å²) in [6.45, 7) is 0. The van der Waals surface area contributed by atoms with E-state index in [-0.39, 0.29) is 17.9 Å². The van der Waals surface area contributed by atoms with Gasteiger partial charge in [0.15, 0.2) is 9.84 Å². The molecule has 4 rings (SSSR count). The minimum absolute atomic E-state index is 0.0117. The van der Waals surface area contributed by atoms with Crippen LogP contribution < -0.4 is 16.6 Å². The summed E-state index contributed by atoms with van der Waals surface area (Å²) in [5.41, 5.74) is -0.0843. The van der Waals surface area contributed by atoms with Gasteiger partial charge in [0, 0.05) is 12.5 Å². The van der Waals surface area contributed by atoms with Gasteiger partial charge in [-0.25, -0.2) is 17.8 Å². The molecular formula is C21H21N3O5S. The first-order valence-corrected chi connectivity index (χ1v) is 11.4. The minimum Gasteiger partial charge on any atom is -0.350 e. The van der Waals surface area contributed by atoms with Crippen LogP contribution in [0.2, 0.25) is 0 Å². The van der Waals surface area contributed by atoms with Gasteiger partial charge in [0.2, 0.25) is 5.91 Å². The van der Waals surface area contributed by atoms with Gasteiger partial charge < -0.3 is 10.3 Å².